The Balaban J connectivity index is 1.77. The van der Waals surface area contributed by atoms with E-state index in [0.717, 1.165) is 12.0 Å². The number of amides is 2. The second-order valence-electron chi connectivity index (χ2n) is 6.61. The summed E-state index contributed by atoms with van der Waals surface area (Å²) in [7, 11) is 1.86. The minimum atomic E-state index is -0.165. The molecule has 3 heterocycles. The number of rotatable bonds is 5. The van der Waals surface area contributed by atoms with Crippen LogP contribution in [-0.4, -0.2) is 49.8 Å². The fraction of sp³-hybridized carbons (Fsp3) is 0.500. The zero-order chi connectivity index (χ0) is 18.7. The third kappa shape index (κ3) is 3.58. The van der Waals surface area contributed by atoms with E-state index in [-0.39, 0.29) is 23.8 Å². The van der Waals surface area contributed by atoms with E-state index in [1.54, 1.807) is 23.9 Å². The average molecular weight is 356 g/mol. The van der Waals surface area contributed by atoms with Crippen LogP contribution in [0.2, 0.25) is 0 Å². The molecule has 1 aliphatic rings. The number of aromatic nitrogens is 4. The minimum absolute atomic E-state index is 0.0769. The molecule has 0 radical (unpaired) electrons. The molecule has 8 nitrogen and oxygen atoms in total. The van der Waals surface area contributed by atoms with E-state index in [1.807, 2.05) is 25.1 Å². The highest BCUT2D eigenvalue weighted by molar-refractivity contribution is 5.95. The molecule has 2 aromatic rings. The first-order valence-corrected chi connectivity index (χ1v) is 8.85. The first kappa shape index (κ1) is 18.0. The Morgan fingerprint density at radius 1 is 1.42 bits per heavy atom. The van der Waals surface area contributed by atoms with Crippen molar-refractivity contribution in [1.29, 1.82) is 0 Å². The van der Waals surface area contributed by atoms with Crippen molar-refractivity contribution in [2.75, 3.05) is 13.1 Å². The molecule has 1 N–H and O–H groups in total. The van der Waals surface area contributed by atoms with Crippen LogP contribution in [0.4, 0.5) is 0 Å². The van der Waals surface area contributed by atoms with Crippen LogP contribution in [0.1, 0.15) is 47.4 Å². The van der Waals surface area contributed by atoms with Crippen molar-refractivity contribution in [3.63, 3.8) is 0 Å². The summed E-state index contributed by atoms with van der Waals surface area (Å²) in [6.45, 7) is 4.87. The van der Waals surface area contributed by atoms with Crippen molar-refractivity contribution in [2.24, 2.45) is 13.0 Å². The molecule has 0 aliphatic carbocycles. The van der Waals surface area contributed by atoms with Gasteiger partial charge in [0.2, 0.25) is 5.91 Å². The van der Waals surface area contributed by atoms with Gasteiger partial charge in [-0.2, -0.15) is 15.3 Å². The second-order valence-corrected chi connectivity index (χ2v) is 6.61. The van der Waals surface area contributed by atoms with Crippen molar-refractivity contribution in [2.45, 2.75) is 32.7 Å². The second kappa shape index (κ2) is 7.63. The quantitative estimate of drug-likeness (QED) is 0.870. The highest BCUT2D eigenvalue weighted by Crippen LogP contribution is 2.36. The topological polar surface area (TPSA) is 93.0 Å². The van der Waals surface area contributed by atoms with Crippen molar-refractivity contribution < 1.29 is 9.59 Å². The van der Waals surface area contributed by atoms with E-state index in [0.29, 0.717) is 30.8 Å². The Kier molecular flexibility index (Phi) is 5.29. The number of nitrogens with zero attached hydrogens (tertiary/aromatic N) is 5. The van der Waals surface area contributed by atoms with E-state index in [4.69, 9.17) is 0 Å². The van der Waals surface area contributed by atoms with Crippen molar-refractivity contribution in [3.8, 4) is 0 Å². The summed E-state index contributed by atoms with van der Waals surface area (Å²) >= 11 is 0. The molecule has 0 spiro atoms. The zero-order valence-corrected chi connectivity index (χ0v) is 15.3. The minimum Gasteiger partial charge on any atom is -0.352 e. The maximum Gasteiger partial charge on any atom is 0.253 e. The molecular formula is C18H24N6O2. The number of aryl methyl sites for hydroxylation is 2. The Morgan fingerprint density at radius 3 is 2.88 bits per heavy atom. The van der Waals surface area contributed by atoms with E-state index in [2.05, 4.69) is 20.6 Å². The molecule has 0 bridgehead atoms. The van der Waals surface area contributed by atoms with Crippen LogP contribution in [-0.2, 0) is 11.8 Å². The SMILES string of the molecule is CCN1C(=O)CC[C@H](CNC(=O)c2ccnnc2C)[C@H]1c1cnn(C)c1. The van der Waals surface area contributed by atoms with Crippen molar-refractivity contribution in [1.82, 2.24) is 30.2 Å². The lowest BCUT2D eigenvalue weighted by Gasteiger charge is -2.40. The van der Waals surface area contributed by atoms with Gasteiger partial charge in [0, 0.05) is 44.2 Å². The standard InChI is InChI=1S/C18H24N6O2/c1-4-24-16(25)6-5-13(17(24)14-10-21-23(3)11-14)9-19-18(26)15-7-8-20-22-12(15)2/h7-8,10-11,13,17H,4-6,9H2,1-3H3,(H,19,26)/t13-,17+/m1/s1. The van der Waals surface area contributed by atoms with Gasteiger partial charge in [0.25, 0.3) is 5.91 Å². The normalized spacial score (nSPS) is 20.3. The number of piperidine rings is 1. The number of carbonyl (C=O) groups excluding carboxylic acids is 2. The number of nitrogens with one attached hydrogen (secondary N) is 1. The molecule has 0 saturated carbocycles. The van der Waals surface area contributed by atoms with E-state index in [9.17, 15) is 9.59 Å². The molecule has 1 saturated heterocycles. The van der Waals surface area contributed by atoms with E-state index < -0.39 is 0 Å². The predicted molar refractivity (Wildman–Crippen MR) is 95.2 cm³/mol. The molecule has 8 heteroatoms. The summed E-state index contributed by atoms with van der Waals surface area (Å²) in [5.41, 5.74) is 2.13. The van der Waals surface area contributed by atoms with Gasteiger partial charge >= 0.3 is 0 Å². The van der Waals surface area contributed by atoms with E-state index >= 15 is 0 Å². The molecule has 1 fully saturated rings. The van der Waals surface area contributed by atoms with Gasteiger partial charge in [-0.25, -0.2) is 0 Å². The monoisotopic (exact) mass is 356 g/mol. The number of hydrogen-bond acceptors (Lipinski definition) is 5. The van der Waals surface area contributed by atoms with Gasteiger partial charge in [-0.05, 0) is 26.3 Å². The van der Waals surface area contributed by atoms with Crippen LogP contribution in [0.3, 0.4) is 0 Å². The molecular weight excluding hydrogens is 332 g/mol. The molecule has 138 valence electrons. The van der Waals surface area contributed by atoms with Gasteiger partial charge < -0.3 is 10.2 Å². The third-order valence-corrected chi connectivity index (χ3v) is 4.91. The lowest BCUT2D eigenvalue weighted by Crippen LogP contribution is -2.46. The number of hydrogen-bond donors (Lipinski definition) is 1. The molecule has 2 amide bonds. The Bertz CT molecular complexity index is 802. The molecule has 0 aromatic carbocycles. The van der Waals surface area contributed by atoms with Crippen LogP contribution in [0, 0.1) is 12.8 Å². The molecule has 0 unspecified atom stereocenters. The first-order valence-electron chi connectivity index (χ1n) is 8.85. The van der Waals surface area contributed by atoms with Gasteiger partial charge in [0.1, 0.15) is 0 Å². The number of likely N-dealkylation sites (tertiary alicyclic amines) is 1. The lowest BCUT2D eigenvalue weighted by molar-refractivity contribution is -0.138. The third-order valence-electron chi connectivity index (χ3n) is 4.91. The van der Waals surface area contributed by atoms with Crippen LogP contribution < -0.4 is 5.32 Å². The molecule has 2 aromatic heterocycles. The summed E-state index contributed by atoms with van der Waals surface area (Å²) in [6.07, 6.45) is 6.50. The first-order chi connectivity index (χ1) is 12.5. The van der Waals surface area contributed by atoms with Gasteiger partial charge in [-0.15, -0.1) is 0 Å². The largest absolute Gasteiger partial charge is 0.352 e. The highest BCUT2D eigenvalue weighted by Gasteiger charge is 2.36. The fourth-order valence-electron chi connectivity index (χ4n) is 3.61. The van der Waals surface area contributed by atoms with Crippen molar-refractivity contribution >= 4 is 11.8 Å². The molecule has 1 aliphatic heterocycles. The van der Waals surface area contributed by atoms with Gasteiger partial charge in [0.15, 0.2) is 0 Å². The summed E-state index contributed by atoms with van der Waals surface area (Å²) in [5.74, 6) is 0.122. The van der Waals surface area contributed by atoms with Crippen LogP contribution >= 0.6 is 0 Å². The van der Waals surface area contributed by atoms with Crippen LogP contribution in [0.5, 0.6) is 0 Å². The highest BCUT2D eigenvalue weighted by atomic mass is 16.2. The van der Waals surface area contributed by atoms with Crippen LogP contribution in [0.25, 0.3) is 0 Å². The maximum atomic E-state index is 12.5. The van der Waals surface area contributed by atoms with Crippen molar-refractivity contribution in [3.05, 3.63) is 41.5 Å². The summed E-state index contributed by atoms with van der Waals surface area (Å²) in [6, 6.07) is 1.59. The fourth-order valence-corrected chi connectivity index (χ4v) is 3.61. The summed E-state index contributed by atoms with van der Waals surface area (Å²) in [4.78, 5) is 26.7. The van der Waals surface area contributed by atoms with Gasteiger partial charge in [-0.1, -0.05) is 0 Å². The summed E-state index contributed by atoms with van der Waals surface area (Å²) < 4.78 is 1.74. The van der Waals surface area contributed by atoms with Crippen LogP contribution in [0.15, 0.2) is 24.7 Å². The summed E-state index contributed by atoms with van der Waals surface area (Å²) in [5, 5.41) is 15.0. The van der Waals surface area contributed by atoms with Gasteiger partial charge in [-0.3, -0.25) is 14.3 Å². The lowest BCUT2D eigenvalue weighted by atomic mass is 9.85. The Morgan fingerprint density at radius 2 is 2.23 bits per heavy atom. The Hall–Kier alpha value is -2.77. The van der Waals surface area contributed by atoms with Gasteiger partial charge in [0.05, 0.1) is 29.7 Å². The molecule has 2 atom stereocenters. The predicted octanol–water partition coefficient (Wildman–Crippen LogP) is 1.25. The average Bonchev–Trinajstić information content (AvgIpc) is 3.06. The zero-order valence-electron chi connectivity index (χ0n) is 15.3. The maximum absolute atomic E-state index is 12.5. The molecule has 26 heavy (non-hydrogen) atoms. The molecule has 3 rings (SSSR count). The Labute approximate surface area is 152 Å². The number of carbonyl (C=O) groups is 2. The van der Waals surface area contributed by atoms with E-state index in [1.165, 1.54) is 6.20 Å². The smallest absolute Gasteiger partial charge is 0.253 e.